The Labute approximate surface area is 145 Å². The summed E-state index contributed by atoms with van der Waals surface area (Å²) in [6, 6.07) is 8.97. The van der Waals surface area contributed by atoms with E-state index in [1.165, 1.54) is 0 Å². The fourth-order valence-electron chi connectivity index (χ4n) is 2.65. The molecule has 1 saturated heterocycles. The fourth-order valence-corrected chi connectivity index (χ4v) is 3.34. The van der Waals surface area contributed by atoms with Gasteiger partial charge in [-0.2, -0.15) is 5.26 Å². The topological polar surface area (TPSA) is 72.3 Å². The van der Waals surface area contributed by atoms with Crippen molar-refractivity contribution in [1.82, 2.24) is 9.88 Å². The van der Waals surface area contributed by atoms with Crippen LogP contribution >= 0.6 is 11.3 Å². The van der Waals surface area contributed by atoms with Crippen LogP contribution in [0.4, 0.5) is 10.8 Å². The van der Waals surface area contributed by atoms with Gasteiger partial charge in [-0.05, 0) is 24.3 Å². The molecule has 1 fully saturated rings. The van der Waals surface area contributed by atoms with Crippen molar-refractivity contribution >= 4 is 28.1 Å². The molecule has 0 spiro atoms. The first-order valence-electron chi connectivity index (χ1n) is 7.91. The maximum absolute atomic E-state index is 12.0. The highest BCUT2D eigenvalue weighted by Crippen LogP contribution is 2.19. The molecule has 6 nitrogen and oxygen atoms in total. The molecule has 1 amide bonds. The molecule has 24 heavy (non-hydrogen) atoms. The van der Waals surface area contributed by atoms with Crippen molar-refractivity contribution in [2.45, 2.75) is 6.42 Å². The van der Waals surface area contributed by atoms with E-state index in [0.29, 0.717) is 12.0 Å². The first-order chi connectivity index (χ1) is 11.7. The number of rotatable bonds is 5. The Morgan fingerprint density at radius 1 is 1.25 bits per heavy atom. The SMILES string of the molecule is N#Cc1ccc(NC(=O)CCN2CCN(c3nccs3)CC2)cc1. The van der Waals surface area contributed by atoms with Crippen LogP contribution in [0.25, 0.3) is 0 Å². The summed E-state index contributed by atoms with van der Waals surface area (Å²) in [5, 5.41) is 14.7. The predicted molar refractivity (Wildman–Crippen MR) is 95.2 cm³/mol. The quantitative estimate of drug-likeness (QED) is 0.902. The molecule has 1 aromatic heterocycles. The van der Waals surface area contributed by atoms with Crippen LogP contribution in [0.15, 0.2) is 35.8 Å². The number of carbonyl (C=O) groups excluding carboxylic acids is 1. The second-order valence-corrected chi connectivity index (χ2v) is 6.50. The monoisotopic (exact) mass is 341 g/mol. The summed E-state index contributed by atoms with van der Waals surface area (Å²) in [4.78, 5) is 21.0. The number of nitrogens with zero attached hydrogens (tertiary/aromatic N) is 4. The van der Waals surface area contributed by atoms with Gasteiger partial charge in [-0.15, -0.1) is 11.3 Å². The first kappa shape index (κ1) is 16.4. The van der Waals surface area contributed by atoms with E-state index in [1.807, 2.05) is 11.6 Å². The van der Waals surface area contributed by atoms with Crippen molar-refractivity contribution in [1.29, 1.82) is 5.26 Å². The van der Waals surface area contributed by atoms with Crippen molar-refractivity contribution < 1.29 is 4.79 Å². The molecule has 0 radical (unpaired) electrons. The van der Waals surface area contributed by atoms with Crippen LogP contribution in [0.1, 0.15) is 12.0 Å². The molecule has 0 aliphatic carbocycles. The van der Waals surface area contributed by atoms with Crippen molar-refractivity contribution in [3.8, 4) is 6.07 Å². The minimum absolute atomic E-state index is 0.00191. The number of nitrogens with one attached hydrogen (secondary N) is 1. The summed E-state index contributed by atoms with van der Waals surface area (Å²) >= 11 is 1.66. The van der Waals surface area contributed by atoms with E-state index in [2.05, 4.69) is 26.2 Å². The summed E-state index contributed by atoms with van der Waals surface area (Å²) < 4.78 is 0. The third-order valence-electron chi connectivity index (χ3n) is 4.01. The number of benzene rings is 1. The summed E-state index contributed by atoms with van der Waals surface area (Å²) in [6.45, 7) is 4.55. The number of amides is 1. The highest BCUT2D eigenvalue weighted by molar-refractivity contribution is 7.13. The number of thiazole rings is 1. The van der Waals surface area contributed by atoms with E-state index in [0.717, 1.165) is 43.5 Å². The van der Waals surface area contributed by atoms with Gasteiger partial charge >= 0.3 is 0 Å². The fraction of sp³-hybridized carbons (Fsp3) is 0.353. The van der Waals surface area contributed by atoms with Gasteiger partial charge < -0.3 is 10.2 Å². The summed E-state index contributed by atoms with van der Waals surface area (Å²) in [7, 11) is 0. The lowest BCUT2D eigenvalue weighted by molar-refractivity contribution is -0.116. The number of anilines is 2. The van der Waals surface area contributed by atoms with Gasteiger partial charge in [0.2, 0.25) is 5.91 Å². The molecule has 124 valence electrons. The minimum atomic E-state index is 0.00191. The van der Waals surface area contributed by atoms with Crippen molar-refractivity contribution in [2.24, 2.45) is 0 Å². The van der Waals surface area contributed by atoms with Gasteiger partial charge in [0.25, 0.3) is 0 Å². The Bertz CT molecular complexity index is 700. The molecule has 0 atom stereocenters. The van der Waals surface area contributed by atoms with Gasteiger partial charge in [0.15, 0.2) is 5.13 Å². The zero-order valence-electron chi connectivity index (χ0n) is 13.3. The third kappa shape index (κ3) is 4.31. The van der Waals surface area contributed by atoms with E-state index >= 15 is 0 Å². The van der Waals surface area contributed by atoms with Crippen LogP contribution in [0.2, 0.25) is 0 Å². The zero-order valence-corrected chi connectivity index (χ0v) is 14.1. The smallest absolute Gasteiger partial charge is 0.225 e. The third-order valence-corrected chi connectivity index (χ3v) is 4.85. The standard InChI is InChI=1S/C17H19N5OS/c18-13-14-1-3-15(4-2-14)20-16(23)5-7-21-8-10-22(11-9-21)17-19-6-12-24-17/h1-4,6,12H,5,7-11H2,(H,20,23). The summed E-state index contributed by atoms with van der Waals surface area (Å²) in [5.41, 5.74) is 1.32. The normalized spacial score (nSPS) is 15.0. The average Bonchev–Trinajstić information content (AvgIpc) is 3.16. The molecule has 1 aliphatic rings. The van der Waals surface area contributed by atoms with Crippen molar-refractivity contribution in [3.63, 3.8) is 0 Å². The Kier molecular flexibility index (Phi) is 5.41. The Balaban J connectivity index is 1.40. The molecule has 0 bridgehead atoms. The lowest BCUT2D eigenvalue weighted by Gasteiger charge is -2.34. The number of carbonyl (C=O) groups is 1. The molecule has 0 saturated carbocycles. The van der Waals surface area contributed by atoms with Gasteiger partial charge in [-0.3, -0.25) is 9.69 Å². The predicted octanol–water partition coefficient (Wildman–Crippen LogP) is 2.17. The highest BCUT2D eigenvalue weighted by Gasteiger charge is 2.19. The summed E-state index contributed by atoms with van der Waals surface area (Å²) in [6.07, 6.45) is 2.30. The van der Waals surface area contributed by atoms with Crippen LogP contribution in [0, 0.1) is 11.3 Å². The lowest BCUT2D eigenvalue weighted by Crippen LogP contribution is -2.47. The van der Waals surface area contributed by atoms with Gasteiger partial charge in [0.05, 0.1) is 11.6 Å². The molecule has 1 N–H and O–H groups in total. The van der Waals surface area contributed by atoms with E-state index in [-0.39, 0.29) is 5.91 Å². The van der Waals surface area contributed by atoms with Gasteiger partial charge in [-0.1, -0.05) is 0 Å². The Hall–Kier alpha value is -2.43. The Morgan fingerprint density at radius 2 is 2.00 bits per heavy atom. The van der Waals surface area contributed by atoms with Crippen LogP contribution in [0.5, 0.6) is 0 Å². The van der Waals surface area contributed by atoms with E-state index in [1.54, 1.807) is 35.6 Å². The number of hydrogen-bond acceptors (Lipinski definition) is 6. The minimum Gasteiger partial charge on any atom is -0.346 e. The van der Waals surface area contributed by atoms with Crippen molar-refractivity contribution in [3.05, 3.63) is 41.4 Å². The molecular formula is C17H19N5OS. The Morgan fingerprint density at radius 3 is 2.62 bits per heavy atom. The maximum Gasteiger partial charge on any atom is 0.225 e. The van der Waals surface area contributed by atoms with Gasteiger partial charge in [-0.25, -0.2) is 4.98 Å². The number of aromatic nitrogens is 1. The summed E-state index contributed by atoms with van der Waals surface area (Å²) in [5.74, 6) is 0.00191. The average molecular weight is 341 g/mol. The van der Waals surface area contributed by atoms with Crippen LogP contribution in [-0.4, -0.2) is 48.5 Å². The molecular weight excluding hydrogens is 322 g/mol. The number of nitriles is 1. The van der Waals surface area contributed by atoms with Gasteiger partial charge in [0.1, 0.15) is 0 Å². The van der Waals surface area contributed by atoms with E-state index < -0.39 is 0 Å². The molecule has 7 heteroatoms. The first-order valence-corrected chi connectivity index (χ1v) is 8.79. The molecule has 3 rings (SSSR count). The molecule has 2 aromatic rings. The number of piperazine rings is 1. The second-order valence-electron chi connectivity index (χ2n) is 5.63. The van der Waals surface area contributed by atoms with Crippen LogP contribution in [0.3, 0.4) is 0 Å². The van der Waals surface area contributed by atoms with Crippen molar-refractivity contribution in [2.75, 3.05) is 42.9 Å². The lowest BCUT2D eigenvalue weighted by atomic mass is 10.2. The number of hydrogen-bond donors (Lipinski definition) is 1. The molecule has 1 aliphatic heterocycles. The largest absolute Gasteiger partial charge is 0.346 e. The second kappa shape index (κ2) is 7.90. The van der Waals surface area contributed by atoms with Crippen LogP contribution < -0.4 is 10.2 Å². The molecule has 0 unspecified atom stereocenters. The van der Waals surface area contributed by atoms with Crippen LogP contribution in [-0.2, 0) is 4.79 Å². The van der Waals surface area contributed by atoms with E-state index in [4.69, 9.17) is 5.26 Å². The zero-order chi connectivity index (χ0) is 16.8. The molecule has 1 aromatic carbocycles. The van der Waals surface area contributed by atoms with E-state index in [9.17, 15) is 4.79 Å². The molecule has 2 heterocycles. The maximum atomic E-state index is 12.0. The van der Waals surface area contributed by atoms with Gasteiger partial charge in [0, 0.05) is 56.4 Å². The highest BCUT2D eigenvalue weighted by atomic mass is 32.1.